The van der Waals surface area contributed by atoms with Gasteiger partial charge in [-0.25, -0.2) is 9.97 Å². The predicted octanol–water partition coefficient (Wildman–Crippen LogP) is 4.68. The third-order valence-corrected chi connectivity index (χ3v) is 7.71. The normalized spacial score (nSPS) is 21.3. The molecule has 1 saturated heterocycles. The van der Waals surface area contributed by atoms with E-state index in [9.17, 15) is 9.59 Å². The van der Waals surface area contributed by atoms with Crippen LogP contribution in [0.25, 0.3) is 17.3 Å². The summed E-state index contributed by atoms with van der Waals surface area (Å²) in [4.78, 5) is 36.9. The lowest BCUT2D eigenvalue weighted by atomic mass is 9.86. The Labute approximate surface area is 212 Å². The molecule has 0 bridgehead atoms. The Bertz CT molecular complexity index is 1220. The van der Waals surface area contributed by atoms with Crippen molar-refractivity contribution >= 4 is 46.3 Å². The number of hydrogen-bond acceptors (Lipinski definition) is 9. The van der Waals surface area contributed by atoms with Gasteiger partial charge >= 0.3 is 0 Å². The van der Waals surface area contributed by atoms with E-state index >= 15 is 0 Å². The Morgan fingerprint density at radius 1 is 1.09 bits per heavy atom. The third kappa shape index (κ3) is 6.14. The molecule has 1 aliphatic carbocycles. The number of nitrogens with one attached hydrogen (secondary N) is 3. The van der Waals surface area contributed by atoms with E-state index in [1.807, 2.05) is 12.3 Å². The van der Waals surface area contributed by atoms with Crippen LogP contribution in [0.3, 0.4) is 0 Å². The molecule has 3 aromatic heterocycles. The molecular weight excluding hydrogens is 480 g/mol. The van der Waals surface area contributed by atoms with Gasteiger partial charge < -0.3 is 10.6 Å². The number of carbonyl (C=O) groups is 2. The van der Waals surface area contributed by atoms with Gasteiger partial charge in [-0.3, -0.25) is 19.9 Å². The first kappa shape index (κ1) is 23.7. The average Bonchev–Trinajstić information content (AvgIpc) is 3.50. The van der Waals surface area contributed by atoms with Crippen molar-refractivity contribution in [3.63, 3.8) is 0 Å². The second-order valence-corrected chi connectivity index (χ2v) is 10.5. The van der Waals surface area contributed by atoms with E-state index in [1.54, 1.807) is 29.7 Å². The summed E-state index contributed by atoms with van der Waals surface area (Å²) in [5.41, 5.74) is 4.07. The first-order chi connectivity index (χ1) is 17.1. The summed E-state index contributed by atoms with van der Waals surface area (Å²) in [6.07, 6.45) is 9.52. The van der Waals surface area contributed by atoms with E-state index in [0.717, 1.165) is 56.2 Å². The lowest BCUT2D eigenvalue weighted by Crippen LogP contribution is -2.31. The molecule has 35 heavy (non-hydrogen) atoms. The maximum atomic E-state index is 11.8. The standard InChI is InChI=1S/C25H26N6O2S2/c32-23-21(35-25(33)31-23)12-20-7-10-28-24(30-20)29-19-5-3-16(4-6-19)13-26-14-17-2-1-9-27-22(17)18-8-11-34-15-18/h1-2,7-12,15-16,19,26H,3-6,13-14H2,(H,28,29,30)(H,31,32,33)/b21-12-. The van der Waals surface area contributed by atoms with Gasteiger partial charge in [0, 0.05) is 35.9 Å². The molecule has 5 rings (SSSR count). The summed E-state index contributed by atoms with van der Waals surface area (Å²) < 4.78 is 0. The Balaban J connectivity index is 1.09. The molecule has 3 N–H and O–H groups in total. The highest BCUT2D eigenvalue weighted by atomic mass is 32.2. The number of rotatable bonds is 8. The van der Waals surface area contributed by atoms with Crippen LogP contribution in [0.1, 0.15) is 36.9 Å². The molecule has 3 aromatic rings. The second-order valence-electron chi connectivity index (χ2n) is 8.67. The molecule has 2 aliphatic rings. The number of thioether (sulfide) groups is 1. The van der Waals surface area contributed by atoms with Gasteiger partial charge in [-0.15, -0.1) is 0 Å². The monoisotopic (exact) mass is 506 g/mol. The van der Waals surface area contributed by atoms with Crippen molar-refractivity contribution in [2.45, 2.75) is 38.3 Å². The second kappa shape index (κ2) is 11.1. The zero-order valence-corrected chi connectivity index (χ0v) is 20.7. The zero-order valence-electron chi connectivity index (χ0n) is 19.1. The van der Waals surface area contributed by atoms with Gasteiger partial charge in [0.2, 0.25) is 5.95 Å². The molecule has 0 spiro atoms. The molecule has 0 radical (unpaired) electrons. The molecule has 1 aliphatic heterocycles. The average molecular weight is 507 g/mol. The fourth-order valence-electron chi connectivity index (χ4n) is 4.42. The summed E-state index contributed by atoms with van der Waals surface area (Å²) in [5, 5.41) is 13.2. The van der Waals surface area contributed by atoms with Crippen LogP contribution in [0.5, 0.6) is 0 Å². The molecule has 180 valence electrons. The molecular formula is C25H26N6O2S2. The topological polar surface area (TPSA) is 109 Å². The maximum Gasteiger partial charge on any atom is 0.290 e. The van der Waals surface area contributed by atoms with E-state index in [-0.39, 0.29) is 11.1 Å². The molecule has 2 fully saturated rings. The lowest BCUT2D eigenvalue weighted by molar-refractivity contribution is -0.115. The number of carbonyl (C=O) groups excluding carboxylic acids is 2. The first-order valence-electron chi connectivity index (χ1n) is 11.7. The molecule has 0 atom stereocenters. The van der Waals surface area contributed by atoms with Gasteiger partial charge in [-0.05, 0) is 85.1 Å². The number of hydrogen-bond donors (Lipinski definition) is 3. The molecule has 1 saturated carbocycles. The van der Waals surface area contributed by atoms with E-state index in [4.69, 9.17) is 0 Å². The van der Waals surface area contributed by atoms with Crippen LogP contribution >= 0.6 is 23.1 Å². The van der Waals surface area contributed by atoms with Crippen molar-refractivity contribution in [2.24, 2.45) is 5.92 Å². The number of thiophene rings is 1. The quantitative estimate of drug-likeness (QED) is 0.378. The summed E-state index contributed by atoms with van der Waals surface area (Å²) in [5.74, 6) is 0.807. The number of aromatic nitrogens is 3. The van der Waals surface area contributed by atoms with E-state index < -0.39 is 0 Å². The van der Waals surface area contributed by atoms with Crippen molar-refractivity contribution in [3.8, 4) is 11.3 Å². The minimum Gasteiger partial charge on any atom is -0.351 e. The fraction of sp³-hybridized carbons (Fsp3) is 0.320. The minimum absolute atomic E-state index is 0.323. The van der Waals surface area contributed by atoms with Crippen LogP contribution in [-0.4, -0.2) is 38.7 Å². The smallest absolute Gasteiger partial charge is 0.290 e. The number of anilines is 1. The molecule has 10 heteroatoms. The lowest BCUT2D eigenvalue weighted by Gasteiger charge is -2.29. The van der Waals surface area contributed by atoms with E-state index in [1.165, 1.54) is 11.1 Å². The Morgan fingerprint density at radius 3 is 2.74 bits per heavy atom. The van der Waals surface area contributed by atoms with Gasteiger partial charge in [0.25, 0.3) is 11.1 Å². The number of pyridine rings is 1. The van der Waals surface area contributed by atoms with Crippen molar-refractivity contribution in [3.05, 3.63) is 63.6 Å². The van der Waals surface area contributed by atoms with Crippen LogP contribution in [-0.2, 0) is 11.3 Å². The Morgan fingerprint density at radius 2 is 1.97 bits per heavy atom. The van der Waals surface area contributed by atoms with Gasteiger partial charge in [-0.2, -0.15) is 11.3 Å². The highest BCUT2D eigenvalue weighted by molar-refractivity contribution is 8.18. The van der Waals surface area contributed by atoms with Crippen molar-refractivity contribution < 1.29 is 9.59 Å². The van der Waals surface area contributed by atoms with E-state index in [2.05, 4.69) is 53.8 Å². The summed E-state index contributed by atoms with van der Waals surface area (Å²) in [6.45, 7) is 1.80. The van der Waals surface area contributed by atoms with Crippen molar-refractivity contribution in [1.82, 2.24) is 25.6 Å². The predicted molar refractivity (Wildman–Crippen MR) is 140 cm³/mol. The van der Waals surface area contributed by atoms with Crippen LogP contribution in [0.2, 0.25) is 0 Å². The Kier molecular flexibility index (Phi) is 7.51. The summed E-state index contributed by atoms with van der Waals surface area (Å²) in [7, 11) is 0. The third-order valence-electron chi connectivity index (χ3n) is 6.21. The molecule has 0 aromatic carbocycles. The summed E-state index contributed by atoms with van der Waals surface area (Å²) >= 11 is 2.58. The van der Waals surface area contributed by atoms with Gasteiger partial charge in [0.05, 0.1) is 16.3 Å². The first-order valence-corrected chi connectivity index (χ1v) is 13.4. The number of imide groups is 1. The van der Waals surface area contributed by atoms with Crippen molar-refractivity contribution in [1.29, 1.82) is 0 Å². The van der Waals surface area contributed by atoms with Gasteiger partial charge in [0.1, 0.15) is 0 Å². The molecule has 4 heterocycles. The maximum absolute atomic E-state index is 11.8. The van der Waals surface area contributed by atoms with E-state index in [0.29, 0.717) is 28.5 Å². The number of amides is 2. The Hall–Kier alpha value is -3.08. The van der Waals surface area contributed by atoms with Crippen LogP contribution in [0.4, 0.5) is 10.7 Å². The molecule has 0 unspecified atom stereocenters. The number of nitrogens with zero attached hydrogens (tertiary/aromatic N) is 3. The van der Waals surface area contributed by atoms with Gasteiger partial charge in [-0.1, -0.05) is 6.07 Å². The summed E-state index contributed by atoms with van der Waals surface area (Å²) in [6, 6.07) is 8.31. The SMILES string of the molecule is O=C1NC(=O)/C(=C/c2ccnc(NC3CCC(CNCc4cccnc4-c4ccsc4)CC3)n2)S1. The van der Waals surface area contributed by atoms with Crippen LogP contribution in [0.15, 0.2) is 52.3 Å². The fourth-order valence-corrected chi connectivity index (χ4v) is 5.73. The molecule has 2 amide bonds. The highest BCUT2D eigenvalue weighted by Gasteiger charge is 2.25. The highest BCUT2D eigenvalue weighted by Crippen LogP contribution is 2.28. The minimum atomic E-state index is -0.383. The largest absolute Gasteiger partial charge is 0.351 e. The van der Waals surface area contributed by atoms with Gasteiger partial charge in [0.15, 0.2) is 0 Å². The van der Waals surface area contributed by atoms with Crippen molar-refractivity contribution in [2.75, 3.05) is 11.9 Å². The van der Waals surface area contributed by atoms with Crippen LogP contribution < -0.4 is 16.0 Å². The zero-order chi connectivity index (χ0) is 24.0. The molecule has 8 nitrogen and oxygen atoms in total. The van der Waals surface area contributed by atoms with Crippen LogP contribution in [0, 0.1) is 5.92 Å².